The summed E-state index contributed by atoms with van der Waals surface area (Å²) in [6.45, 7) is 6.76. The number of carboxylic acids is 1. The zero-order valence-corrected chi connectivity index (χ0v) is 34.8. The normalized spacial score (nSPS) is 15.2. The van der Waals surface area contributed by atoms with Gasteiger partial charge in [0.2, 0.25) is 5.91 Å². The van der Waals surface area contributed by atoms with E-state index in [-0.39, 0.29) is 56.2 Å². The molecule has 1 N–H and O–H groups in total. The number of amides is 3. The Labute approximate surface area is 357 Å². The van der Waals surface area contributed by atoms with Gasteiger partial charge in [-0.1, -0.05) is 96.6 Å². The zero-order chi connectivity index (χ0) is 42.0. The Morgan fingerprint density at radius 1 is 0.917 bits per heavy atom. The number of fused-ring (bicyclic) bond motifs is 1. The maximum atomic E-state index is 14.6. The molecule has 13 nitrogen and oxygen atoms in total. The fraction of sp³-hybridized carbons (Fsp3) is 0.200. The van der Waals surface area contributed by atoms with E-state index in [2.05, 4.69) is 10.3 Å². The largest absolute Gasteiger partial charge is 0.621 e. The minimum Gasteiger partial charge on any atom is -0.621 e. The SMILES string of the molecule is CC(=N[C@@H](C(=O)O)[C@@H](CC(=O)N1C(=O)OC[C@H]1c1ccccc1)c1cn(S(=O)(=O)c2c(C)cc(C)cc2C)c2ccccc12)c1ccccc1[N-]C(=O)c1ccccn1.[Ni]. The number of aromatic nitrogens is 2. The van der Waals surface area contributed by atoms with E-state index in [0.29, 0.717) is 27.6 Å². The summed E-state index contributed by atoms with van der Waals surface area (Å²) in [4.78, 5) is 64.2. The number of aryl methyl sites for hydroxylation is 3. The molecule has 0 radical (unpaired) electrons. The van der Waals surface area contributed by atoms with Crippen LogP contribution in [0.3, 0.4) is 0 Å². The predicted octanol–water partition coefficient (Wildman–Crippen LogP) is 8.20. The number of carbonyl (C=O) groups excluding carboxylic acids is 3. The molecule has 0 bridgehead atoms. The maximum Gasteiger partial charge on any atom is 0.417 e. The van der Waals surface area contributed by atoms with E-state index in [9.17, 15) is 32.7 Å². The van der Waals surface area contributed by atoms with E-state index in [1.807, 2.05) is 6.92 Å². The van der Waals surface area contributed by atoms with Crippen LogP contribution in [0.15, 0.2) is 131 Å². The van der Waals surface area contributed by atoms with Gasteiger partial charge in [0.1, 0.15) is 18.6 Å². The quantitative estimate of drug-likeness (QED) is 0.0937. The number of imide groups is 1. The molecule has 0 unspecified atom stereocenters. The summed E-state index contributed by atoms with van der Waals surface area (Å²) in [6.07, 6.45) is 1.35. The number of hydrogen-bond donors (Lipinski definition) is 1. The van der Waals surface area contributed by atoms with E-state index in [1.54, 1.807) is 124 Å². The Morgan fingerprint density at radius 2 is 1.57 bits per heavy atom. The van der Waals surface area contributed by atoms with E-state index >= 15 is 0 Å². The molecule has 0 spiro atoms. The molecule has 6 aromatic rings. The minimum absolute atomic E-state index is 0. The van der Waals surface area contributed by atoms with Gasteiger partial charge < -0.3 is 20.0 Å². The third kappa shape index (κ3) is 8.50. The van der Waals surface area contributed by atoms with Crippen molar-refractivity contribution >= 4 is 56.2 Å². The molecule has 60 heavy (non-hydrogen) atoms. The van der Waals surface area contributed by atoms with Crippen LogP contribution >= 0.6 is 0 Å². The first-order valence-electron chi connectivity index (χ1n) is 18.8. The predicted molar refractivity (Wildman–Crippen MR) is 222 cm³/mol. The molecular formula is C45H40N5NiO8S-. The number of carboxylic acid groups (broad SMARTS) is 1. The second kappa shape index (κ2) is 17.8. The summed E-state index contributed by atoms with van der Waals surface area (Å²) in [5.41, 5.74) is 3.87. The molecule has 3 heterocycles. The number of hydrogen-bond acceptors (Lipinski definition) is 9. The van der Waals surface area contributed by atoms with E-state index in [4.69, 9.17) is 9.73 Å². The Kier molecular flexibility index (Phi) is 12.8. The first-order valence-corrected chi connectivity index (χ1v) is 20.2. The van der Waals surface area contributed by atoms with Crippen LogP contribution in [0.1, 0.15) is 69.2 Å². The molecule has 3 amide bonds. The van der Waals surface area contributed by atoms with Crippen LogP contribution in [0.25, 0.3) is 16.2 Å². The fourth-order valence-corrected chi connectivity index (χ4v) is 9.56. The molecule has 3 atom stereocenters. The maximum absolute atomic E-state index is 14.6. The van der Waals surface area contributed by atoms with Crippen molar-refractivity contribution in [3.8, 4) is 0 Å². The molecule has 2 aromatic heterocycles. The van der Waals surface area contributed by atoms with Crippen molar-refractivity contribution in [1.29, 1.82) is 0 Å². The summed E-state index contributed by atoms with van der Waals surface area (Å²) in [5.74, 6) is -4.12. The summed E-state index contributed by atoms with van der Waals surface area (Å²) in [5, 5.41) is 15.6. The van der Waals surface area contributed by atoms with Crippen LogP contribution in [0.4, 0.5) is 10.5 Å². The number of cyclic esters (lactones) is 1. The van der Waals surface area contributed by atoms with Crippen molar-refractivity contribution in [1.82, 2.24) is 13.9 Å². The topological polar surface area (TPSA) is 179 Å². The van der Waals surface area contributed by atoms with Gasteiger partial charge in [0, 0.05) is 52.3 Å². The van der Waals surface area contributed by atoms with Gasteiger partial charge in [0.25, 0.3) is 10.0 Å². The van der Waals surface area contributed by atoms with Crippen LogP contribution in [0.2, 0.25) is 0 Å². The first kappa shape index (κ1) is 43.2. The summed E-state index contributed by atoms with van der Waals surface area (Å²) in [7, 11) is -4.29. The number of carbonyl (C=O) groups is 4. The fourth-order valence-electron chi connectivity index (χ4n) is 7.77. The van der Waals surface area contributed by atoms with Crippen molar-refractivity contribution < 1.29 is 53.9 Å². The molecule has 310 valence electrons. The van der Waals surface area contributed by atoms with Gasteiger partial charge in [-0.15, -0.1) is 5.69 Å². The van der Waals surface area contributed by atoms with Crippen LogP contribution in [0.5, 0.6) is 0 Å². The third-order valence-corrected chi connectivity index (χ3v) is 12.3. The van der Waals surface area contributed by atoms with Gasteiger partial charge in [0.05, 0.1) is 16.1 Å². The monoisotopic (exact) mass is 868 g/mol. The van der Waals surface area contributed by atoms with Gasteiger partial charge in [-0.25, -0.2) is 26.9 Å². The van der Waals surface area contributed by atoms with Gasteiger partial charge in [0.15, 0.2) is 6.04 Å². The summed E-state index contributed by atoms with van der Waals surface area (Å²) in [6, 6.07) is 27.9. The van der Waals surface area contributed by atoms with Gasteiger partial charge >= 0.3 is 12.1 Å². The van der Waals surface area contributed by atoms with Gasteiger partial charge in [-0.3, -0.25) is 14.8 Å². The smallest absolute Gasteiger partial charge is 0.417 e. The average Bonchev–Trinajstić information content (AvgIpc) is 3.81. The second-order valence-corrected chi connectivity index (χ2v) is 16.1. The van der Waals surface area contributed by atoms with Crippen molar-refractivity contribution in [3.05, 3.63) is 166 Å². The van der Waals surface area contributed by atoms with Crippen molar-refractivity contribution in [3.63, 3.8) is 0 Å². The number of nitrogens with zero attached hydrogens (tertiary/aromatic N) is 5. The number of benzene rings is 4. The Morgan fingerprint density at radius 3 is 2.25 bits per heavy atom. The molecule has 4 aromatic carbocycles. The molecule has 0 saturated carbocycles. The first-order chi connectivity index (χ1) is 28.3. The van der Waals surface area contributed by atoms with Crippen LogP contribution in [0, 0.1) is 20.8 Å². The molecule has 15 heteroatoms. The summed E-state index contributed by atoms with van der Waals surface area (Å²) >= 11 is 0. The molecule has 1 aliphatic heterocycles. The number of pyridine rings is 1. The number of aliphatic imine (C=N–C) groups is 1. The Bertz CT molecular complexity index is 2730. The molecule has 1 saturated heterocycles. The van der Waals surface area contributed by atoms with Gasteiger partial charge in [-0.2, -0.15) is 0 Å². The van der Waals surface area contributed by atoms with Gasteiger partial charge in [-0.05, 0) is 73.7 Å². The molecule has 1 aliphatic rings. The van der Waals surface area contributed by atoms with Crippen LogP contribution in [-0.4, -0.2) is 69.6 Å². The van der Waals surface area contributed by atoms with Crippen molar-refractivity contribution in [2.75, 3.05) is 6.61 Å². The third-order valence-electron chi connectivity index (χ3n) is 10.3. The molecule has 7 rings (SSSR count). The number of aliphatic carboxylic acids is 1. The Balaban J connectivity index is 0.00000604. The van der Waals surface area contributed by atoms with Crippen molar-refractivity contribution in [2.24, 2.45) is 4.99 Å². The molecule has 1 fully saturated rings. The standard InChI is InChI=1S/C45H41N5O8S.Ni/c1-27-22-28(2)42(29(3)23-27)59(56,57)49-25-35(33-17-9-11-20-38(33)49)34(24-40(51)50-39(26-58-45(50)55)31-14-6-5-7-15-31)41(44(53)54)47-30(4)32-16-8-10-18-36(32)48-43(52)37-19-12-13-21-46-37;/h5-23,25,34,39,41H,24,26H2,1-4H3,(H2,47,48,52,53,54);/p-1/t34-,39-,41+;/m0./s1. The van der Waals surface area contributed by atoms with E-state index in [1.165, 1.54) is 18.5 Å². The second-order valence-electron chi connectivity index (χ2n) is 14.4. The number of para-hydroxylation sites is 2. The number of ether oxygens (including phenoxy) is 1. The van der Waals surface area contributed by atoms with Crippen LogP contribution in [-0.2, 0) is 40.8 Å². The zero-order valence-electron chi connectivity index (χ0n) is 33.0. The summed E-state index contributed by atoms with van der Waals surface area (Å²) < 4.78 is 35.7. The van der Waals surface area contributed by atoms with Crippen LogP contribution < -0.4 is 0 Å². The molecular weight excluding hydrogens is 829 g/mol. The minimum atomic E-state index is -4.29. The Hall–Kier alpha value is -6.44. The van der Waals surface area contributed by atoms with E-state index < -0.39 is 58.3 Å². The van der Waals surface area contributed by atoms with E-state index in [0.717, 1.165) is 14.4 Å². The number of rotatable bonds is 12. The van der Waals surface area contributed by atoms with Crippen molar-refractivity contribution in [2.45, 2.75) is 57.0 Å². The average molecular weight is 870 g/mol. The molecule has 0 aliphatic carbocycles.